The van der Waals surface area contributed by atoms with E-state index in [9.17, 15) is 0 Å². The number of nitrogens with zero attached hydrogens (tertiary/aromatic N) is 3. The Morgan fingerprint density at radius 2 is 2.54 bits per heavy atom. The number of nitriles is 1. The lowest BCUT2D eigenvalue weighted by Gasteiger charge is -2.09. The number of hydrogen-bond acceptors (Lipinski definition) is 5. The number of aromatic nitrogens is 2. The molecule has 0 fully saturated rings. The second-order valence-corrected chi connectivity index (χ2v) is 2.66. The number of nitrogens with two attached hydrogens (primary N) is 1. The minimum atomic E-state index is 0.106. The van der Waals surface area contributed by atoms with Crippen LogP contribution in [0.1, 0.15) is 12.6 Å². The van der Waals surface area contributed by atoms with E-state index in [2.05, 4.69) is 15.3 Å². The summed E-state index contributed by atoms with van der Waals surface area (Å²) in [6.07, 6.45) is 1.54. The van der Waals surface area contributed by atoms with Crippen LogP contribution in [0.3, 0.4) is 0 Å². The molecule has 0 aliphatic rings. The normalized spacial score (nSPS) is 11.8. The molecule has 0 bridgehead atoms. The van der Waals surface area contributed by atoms with Crippen molar-refractivity contribution in [3.05, 3.63) is 18.0 Å². The fourth-order valence-electron chi connectivity index (χ4n) is 0.770. The van der Waals surface area contributed by atoms with E-state index < -0.39 is 0 Å². The monoisotopic (exact) mass is 177 g/mol. The van der Waals surface area contributed by atoms with E-state index in [0.29, 0.717) is 18.2 Å². The van der Waals surface area contributed by atoms with Crippen molar-refractivity contribution in [3.8, 4) is 6.07 Å². The number of rotatable bonds is 3. The van der Waals surface area contributed by atoms with Gasteiger partial charge in [-0.25, -0.2) is 9.97 Å². The second kappa shape index (κ2) is 4.38. The summed E-state index contributed by atoms with van der Waals surface area (Å²) in [5.41, 5.74) is 5.76. The molecule has 0 amide bonds. The summed E-state index contributed by atoms with van der Waals surface area (Å²) >= 11 is 0. The first-order chi connectivity index (χ1) is 6.26. The van der Waals surface area contributed by atoms with Gasteiger partial charge in [-0.2, -0.15) is 5.26 Å². The maximum Gasteiger partial charge on any atom is 0.224 e. The van der Waals surface area contributed by atoms with Crippen molar-refractivity contribution in [1.82, 2.24) is 9.97 Å². The van der Waals surface area contributed by atoms with Gasteiger partial charge in [0.1, 0.15) is 11.8 Å². The van der Waals surface area contributed by atoms with E-state index in [-0.39, 0.29) is 6.04 Å². The van der Waals surface area contributed by atoms with E-state index >= 15 is 0 Å². The van der Waals surface area contributed by atoms with Gasteiger partial charge >= 0.3 is 0 Å². The van der Waals surface area contributed by atoms with Gasteiger partial charge in [0.2, 0.25) is 5.95 Å². The van der Waals surface area contributed by atoms with Crippen LogP contribution < -0.4 is 11.1 Å². The molecule has 1 unspecified atom stereocenters. The van der Waals surface area contributed by atoms with Crippen molar-refractivity contribution in [3.63, 3.8) is 0 Å². The fraction of sp³-hybridized carbons (Fsp3) is 0.375. The van der Waals surface area contributed by atoms with Crippen LogP contribution in [0.25, 0.3) is 0 Å². The van der Waals surface area contributed by atoms with Gasteiger partial charge in [0, 0.05) is 18.8 Å². The van der Waals surface area contributed by atoms with Crippen LogP contribution in [0.2, 0.25) is 0 Å². The molecule has 5 nitrogen and oxygen atoms in total. The Balaban J connectivity index is 2.73. The van der Waals surface area contributed by atoms with Crippen LogP contribution >= 0.6 is 0 Å². The maximum absolute atomic E-state index is 8.56. The van der Waals surface area contributed by atoms with Crippen LogP contribution in [0, 0.1) is 11.3 Å². The molecule has 1 aromatic rings. The topological polar surface area (TPSA) is 87.6 Å². The molecule has 1 aromatic heterocycles. The van der Waals surface area contributed by atoms with Crippen molar-refractivity contribution < 1.29 is 0 Å². The highest BCUT2D eigenvalue weighted by Gasteiger charge is 2.01. The van der Waals surface area contributed by atoms with Gasteiger partial charge in [-0.15, -0.1) is 0 Å². The van der Waals surface area contributed by atoms with Gasteiger partial charge in [0.15, 0.2) is 0 Å². The lowest BCUT2D eigenvalue weighted by Crippen LogP contribution is -2.26. The molecule has 5 heteroatoms. The van der Waals surface area contributed by atoms with Gasteiger partial charge in [-0.05, 0) is 13.0 Å². The Morgan fingerprint density at radius 1 is 1.77 bits per heavy atom. The van der Waals surface area contributed by atoms with Crippen LogP contribution in [0.15, 0.2) is 12.3 Å². The van der Waals surface area contributed by atoms with Gasteiger partial charge < -0.3 is 11.1 Å². The molecule has 0 aliphatic heterocycles. The second-order valence-electron chi connectivity index (χ2n) is 2.66. The largest absolute Gasteiger partial charge is 0.350 e. The summed E-state index contributed by atoms with van der Waals surface area (Å²) in [5.74, 6) is 0.442. The van der Waals surface area contributed by atoms with E-state index in [4.69, 9.17) is 11.0 Å². The molecule has 68 valence electrons. The van der Waals surface area contributed by atoms with Crippen LogP contribution in [-0.2, 0) is 0 Å². The first-order valence-corrected chi connectivity index (χ1v) is 3.96. The molecular formula is C8H11N5. The Kier molecular flexibility index (Phi) is 3.17. The third-order valence-corrected chi connectivity index (χ3v) is 1.50. The molecule has 1 rings (SSSR count). The zero-order chi connectivity index (χ0) is 9.68. The Hall–Kier alpha value is -1.67. The standard InChI is InChI=1S/C8H11N5/c1-6(4-9)12-8-11-3-2-7(5-10)13-8/h2-3,6H,4,9H2,1H3,(H,11,12,13). The summed E-state index contributed by atoms with van der Waals surface area (Å²) in [7, 11) is 0. The highest BCUT2D eigenvalue weighted by molar-refractivity contribution is 5.30. The molecule has 0 saturated carbocycles. The molecule has 1 heterocycles. The summed E-state index contributed by atoms with van der Waals surface area (Å²) in [5, 5.41) is 11.5. The number of hydrogen-bond donors (Lipinski definition) is 2. The SMILES string of the molecule is CC(CN)Nc1nccc(C#N)n1. The van der Waals surface area contributed by atoms with Crippen LogP contribution in [0.5, 0.6) is 0 Å². The highest BCUT2D eigenvalue weighted by Crippen LogP contribution is 2.00. The smallest absolute Gasteiger partial charge is 0.224 e. The molecule has 0 radical (unpaired) electrons. The summed E-state index contributed by atoms with van der Waals surface area (Å²) in [4.78, 5) is 7.89. The Labute approximate surface area is 76.6 Å². The average Bonchev–Trinajstić information content (AvgIpc) is 2.18. The predicted octanol–water partition coefficient (Wildman–Crippen LogP) is 0.107. The van der Waals surface area contributed by atoms with E-state index in [1.165, 1.54) is 6.20 Å². The molecule has 3 N–H and O–H groups in total. The van der Waals surface area contributed by atoms with Gasteiger partial charge in [-0.1, -0.05) is 0 Å². The molecular weight excluding hydrogens is 166 g/mol. The van der Waals surface area contributed by atoms with Gasteiger partial charge in [0.25, 0.3) is 0 Å². The van der Waals surface area contributed by atoms with Crippen molar-refractivity contribution in [1.29, 1.82) is 5.26 Å². The van der Waals surface area contributed by atoms with Crippen molar-refractivity contribution in [2.24, 2.45) is 5.73 Å². The van der Waals surface area contributed by atoms with Gasteiger partial charge in [-0.3, -0.25) is 0 Å². The van der Waals surface area contributed by atoms with E-state index in [0.717, 1.165) is 0 Å². The summed E-state index contributed by atoms with van der Waals surface area (Å²) in [6.45, 7) is 2.42. The fourth-order valence-corrected chi connectivity index (χ4v) is 0.770. The van der Waals surface area contributed by atoms with Crippen molar-refractivity contribution >= 4 is 5.95 Å². The summed E-state index contributed by atoms with van der Waals surface area (Å²) < 4.78 is 0. The van der Waals surface area contributed by atoms with E-state index in [1.807, 2.05) is 13.0 Å². The number of anilines is 1. The van der Waals surface area contributed by atoms with Crippen LogP contribution in [-0.4, -0.2) is 22.6 Å². The average molecular weight is 177 g/mol. The van der Waals surface area contributed by atoms with Crippen LogP contribution in [0.4, 0.5) is 5.95 Å². The third kappa shape index (κ3) is 2.69. The first kappa shape index (κ1) is 9.42. The van der Waals surface area contributed by atoms with Crippen molar-refractivity contribution in [2.45, 2.75) is 13.0 Å². The molecule has 0 spiro atoms. The maximum atomic E-state index is 8.56. The lowest BCUT2D eigenvalue weighted by atomic mass is 10.3. The van der Waals surface area contributed by atoms with Crippen molar-refractivity contribution in [2.75, 3.05) is 11.9 Å². The van der Waals surface area contributed by atoms with E-state index in [1.54, 1.807) is 6.07 Å². The highest BCUT2D eigenvalue weighted by atomic mass is 15.1. The zero-order valence-corrected chi connectivity index (χ0v) is 7.36. The third-order valence-electron chi connectivity index (χ3n) is 1.50. The van der Waals surface area contributed by atoms with Gasteiger partial charge in [0.05, 0.1) is 0 Å². The Morgan fingerprint density at radius 3 is 3.15 bits per heavy atom. The zero-order valence-electron chi connectivity index (χ0n) is 7.36. The molecule has 0 saturated heterocycles. The first-order valence-electron chi connectivity index (χ1n) is 3.96. The molecule has 0 aromatic carbocycles. The quantitative estimate of drug-likeness (QED) is 0.684. The number of nitrogens with one attached hydrogen (secondary N) is 1. The minimum absolute atomic E-state index is 0.106. The summed E-state index contributed by atoms with van der Waals surface area (Å²) in [6, 6.07) is 3.60. The minimum Gasteiger partial charge on any atom is -0.350 e. The predicted molar refractivity (Wildman–Crippen MR) is 48.9 cm³/mol. The Bertz CT molecular complexity index is 317. The molecule has 0 aliphatic carbocycles. The molecule has 1 atom stereocenters. The molecule has 13 heavy (non-hydrogen) atoms. The lowest BCUT2D eigenvalue weighted by molar-refractivity contribution is 0.789.